The average molecular weight is 429 g/mol. The van der Waals surface area contributed by atoms with Crippen molar-refractivity contribution in [2.24, 2.45) is 0 Å². The van der Waals surface area contributed by atoms with Gasteiger partial charge in [-0.2, -0.15) is 0 Å². The first-order chi connectivity index (χ1) is 15.5. The number of carbonyl (C=O) groups excluding carboxylic acids is 3. The summed E-state index contributed by atoms with van der Waals surface area (Å²) in [6.45, 7) is 1.43. The van der Waals surface area contributed by atoms with E-state index in [-0.39, 0.29) is 0 Å². The van der Waals surface area contributed by atoms with E-state index in [1.54, 1.807) is 0 Å². The molecule has 0 radical (unpaired) electrons. The van der Waals surface area contributed by atoms with Gasteiger partial charge in [0.1, 0.15) is 0 Å². The van der Waals surface area contributed by atoms with Crippen LogP contribution < -0.4 is 10.6 Å². The van der Waals surface area contributed by atoms with Crippen LogP contribution in [0.4, 0.5) is 4.79 Å². The van der Waals surface area contributed by atoms with Crippen LogP contribution >= 0.6 is 0 Å². The number of imide groups is 1. The van der Waals surface area contributed by atoms with Gasteiger partial charge >= 0.3 is 12.0 Å². The molecule has 3 amide bonds. The standard InChI is InChI=1S/C25H23N3O4/c1-15(23(29)28-25(31)26-2)32-24(30)21-18-10-6-7-11-20(18)27-22-17(12-13-19(21)22)14-16-8-4-3-5-9-16/h3-11,14-15H,12-13H2,1-2H3,(H2,26,28,29,31)/b17-14+. The highest BCUT2D eigenvalue weighted by molar-refractivity contribution is 6.08. The van der Waals surface area contributed by atoms with Gasteiger partial charge in [0, 0.05) is 12.4 Å². The Morgan fingerprint density at radius 2 is 1.75 bits per heavy atom. The minimum absolute atomic E-state index is 0.418. The molecule has 0 saturated heterocycles. The molecule has 1 unspecified atom stereocenters. The van der Waals surface area contributed by atoms with E-state index in [0.29, 0.717) is 22.9 Å². The largest absolute Gasteiger partial charge is 0.449 e. The van der Waals surface area contributed by atoms with E-state index in [4.69, 9.17) is 9.72 Å². The molecular weight excluding hydrogens is 406 g/mol. The Balaban J connectivity index is 1.72. The van der Waals surface area contributed by atoms with Crippen molar-refractivity contribution in [1.29, 1.82) is 0 Å². The molecule has 4 rings (SSSR count). The molecule has 2 aromatic carbocycles. The van der Waals surface area contributed by atoms with E-state index in [1.165, 1.54) is 14.0 Å². The zero-order valence-electron chi connectivity index (χ0n) is 17.8. The van der Waals surface area contributed by atoms with Crippen molar-refractivity contribution in [3.8, 4) is 0 Å². The summed E-state index contributed by atoms with van der Waals surface area (Å²) < 4.78 is 5.45. The topological polar surface area (TPSA) is 97.4 Å². The molecule has 7 nitrogen and oxygen atoms in total. The number of pyridine rings is 1. The Morgan fingerprint density at radius 1 is 1.03 bits per heavy atom. The second-order valence-corrected chi connectivity index (χ2v) is 7.53. The number of para-hydroxylation sites is 1. The van der Waals surface area contributed by atoms with Crippen molar-refractivity contribution in [3.63, 3.8) is 0 Å². The van der Waals surface area contributed by atoms with Gasteiger partial charge in [0.15, 0.2) is 6.10 Å². The van der Waals surface area contributed by atoms with Gasteiger partial charge in [-0.1, -0.05) is 48.5 Å². The van der Waals surface area contributed by atoms with Gasteiger partial charge in [0.25, 0.3) is 5.91 Å². The molecule has 0 bridgehead atoms. The third-order valence-electron chi connectivity index (χ3n) is 5.40. The molecule has 1 aromatic heterocycles. The summed E-state index contributed by atoms with van der Waals surface area (Å²) >= 11 is 0. The first-order valence-electron chi connectivity index (χ1n) is 10.4. The summed E-state index contributed by atoms with van der Waals surface area (Å²) in [5.41, 5.74) is 4.81. The summed E-state index contributed by atoms with van der Waals surface area (Å²) in [6.07, 6.45) is 2.35. The molecule has 1 aliphatic carbocycles. The molecule has 1 aliphatic rings. The molecule has 0 saturated carbocycles. The van der Waals surface area contributed by atoms with E-state index in [2.05, 4.69) is 16.7 Å². The quantitative estimate of drug-likeness (QED) is 0.616. The van der Waals surface area contributed by atoms with Gasteiger partial charge in [-0.3, -0.25) is 10.1 Å². The van der Waals surface area contributed by atoms with E-state index in [0.717, 1.165) is 28.8 Å². The number of fused-ring (bicyclic) bond motifs is 2. The Morgan fingerprint density at radius 3 is 2.50 bits per heavy atom. The highest BCUT2D eigenvalue weighted by atomic mass is 16.5. The summed E-state index contributed by atoms with van der Waals surface area (Å²) in [6, 6.07) is 16.7. The summed E-state index contributed by atoms with van der Waals surface area (Å²) in [7, 11) is 1.40. The Kier molecular flexibility index (Phi) is 5.98. The van der Waals surface area contributed by atoms with Crippen molar-refractivity contribution in [1.82, 2.24) is 15.6 Å². The maximum atomic E-state index is 13.2. The number of hydrogen-bond acceptors (Lipinski definition) is 5. The van der Waals surface area contributed by atoms with Crippen molar-refractivity contribution in [2.45, 2.75) is 25.9 Å². The lowest BCUT2D eigenvalue weighted by atomic mass is 10.0. The number of esters is 1. The van der Waals surface area contributed by atoms with Crippen LogP contribution in [0.1, 0.15) is 40.5 Å². The zero-order chi connectivity index (χ0) is 22.7. The molecular formula is C25H23N3O4. The van der Waals surface area contributed by atoms with Crippen LogP contribution in [0.5, 0.6) is 0 Å². The molecule has 0 fully saturated rings. The van der Waals surface area contributed by atoms with Crippen molar-refractivity contribution in [2.75, 3.05) is 7.05 Å². The van der Waals surface area contributed by atoms with Crippen LogP contribution in [-0.4, -0.2) is 36.0 Å². The summed E-state index contributed by atoms with van der Waals surface area (Å²) in [5.74, 6) is -1.31. The van der Waals surface area contributed by atoms with E-state index in [1.807, 2.05) is 54.6 Å². The predicted molar refractivity (Wildman–Crippen MR) is 122 cm³/mol. The first-order valence-corrected chi connectivity index (χ1v) is 10.4. The van der Waals surface area contributed by atoms with Crippen LogP contribution in [0.25, 0.3) is 22.6 Å². The molecule has 7 heteroatoms. The zero-order valence-corrected chi connectivity index (χ0v) is 17.8. The maximum absolute atomic E-state index is 13.2. The van der Waals surface area contributed by atoms with E-state index >= 15 is 0 Å². The fraction of sp³-hybridized carbons (Fsp3) is 0.200. The minimum Gasteiger partial charge on any atom is -0.449 e. The van der Waals surface area contributed by atoms with Crippen LogP contribution in [0.2, 0.25) is 0 Å². The number of benzene rings is 2. The fourth-order valence-electron chi connectivity index (χ4n) is 3.81. The van der Waals surface area contributed by atoms with E-state index < -0.39 is 24.0 Å². The molecule has 0 aliphatic heterocycles. The number of nitrogens with one attached hydrogen (secondary N) is 2. The molecule has 1 heterocycles. The third-order valence-corrected chi connectivity index (χ3v) is 5.40. The number of urea groups is 1. The Labute approximate surface area is 185 Å². The minimum atomic E-state index is -1.14. The lowest BCUT2D eigenvalue weighted by Gasteiger charge is -2.16. The summed E-state index contributed by atoms with van der Waals surface area (Å²) in [4.78, 5) is 41.6. The van der Waals surface area contributed by atoms with Gasteiger partial charge in [0.2, 0.25) is 0 Å². The van der Waals surface area contributed by atoms with Crippen LogP contribution in [-0.2, 0) is 16.0 Å². The number of amides is 3. The van der Waals surface area contributed by atoms with E-state index in [9.17, 15) is 14.4 Å². The molecule has 1 atom stereocenters. The molecule has 2 N–H and O–H groups in total. The van der Waals surface area contributed by atoms with Crippen LogP contribution in [0.15, 0.2) is 54.6 Å². The van der Waals surface area contributed by atoms with Crippen LogP contribution in [0.3, 0.4) is 0 Å². The number of aromatic nitrogens is 1. The fourth-order valence-corrected chi connectivity index (χ4v) is 3.81. The number of allylic oxidation sites excluding steroid dienone is 1. The maximum Gasteiger partial charge on any atom is 0.339 e. The SMILES string of the molecule is CNC(=O)NC(=O)C(C)OC(=O)c1c2c(nc3ccccc13)/C(=C/c1ccccc1)CC2. The van der Waals surface area contributed by atoms with Crippen LogP contribution in [0, 0.1) is 0 Å². The predicted octanol–water partition coefficient (Wildman–Crippen LogP) is 3.72. The van der Waals surface area contributed by atoms with Gasteiger partial charge in [-0.05, 0) is 48.6 Å². The monoisotopic (exact) mass is 429 g/mol. The number of nitrogens with zero attached hydrogens (tertiary/aromatic N) is 1. The highest BCUT2D eigenvalue weighted by Gasteiger charge is 2.29. The molecule has 3 aromatic rings. The number of hydrogen-bond donors (Lipinski definition) is 2. The van der Waals surface area contributed by atoms with Gasteiger partial charge < -0.3 is 10.1 Å². The first kappa shape index (κ1) is 21.2. The van der Waals surface area contributed by atoms with Gasteiger partial charge in [0.05, 0.1) is 16.8 Å². The Hall–Kier alpha value is -4.00. The van der Waals surface area contributed by atoms with Crippen molar-refractivity contribution >= 4 is 40.5 Å². The average Bonchev–Trinajstić information content (AvgIpc) is 3.19. The number of carbonyl (C=O) groups is 3. The lowest BCUT2D eigenvalue weighted by Crippen LogP contribution is -2.43. The van der Waals surface area contributed by atoms with Crippen molar-refractivity contribution < 1.29 is 19.1 Å². The smallest absolute Gasteiger partial charge is 0.339 e. The molecule has 162 valence electrons. The molecule has 32 heavy (non-hydrogen) atoms. The second kappa shape index (κ2) is 9.01. The third kappa shape index (κ3) is 4.23. The van der Waals surface area contributed by atoms with Gasteiger partial charge in [-0.25, -0.2) is 14.6 Å². The summed E-state index contributed by atoms with van der Waals surface area (Å²) in [5, 5.41) is 5.09. The highest BCUT2D eigenvalue weighted by Crippen LogP contribution is 2.37. The van der Waals surface area contributed by atoms with Gasteiger partial charge in [-0.15, -0.1) is 0 Å². The Bertz CT molecular complexity index is 1230. The number of ether oxygens (including phenoxy) is 1. The number of rotatable bonds is 4. The second-order valence-electron chi connectivity index (χ2n) is 7.53. The molecule has 0 spiro atoms. The van der Waals surface area contributed by atoms with Crippen molar-refractivity contribution in [3.05, 3.63) is 77.0 Å². The lowest BCUT2D eigenvalue weighted by molar-refractivity contribution is -0.127. The normalized spacial score (nSPS) is 14.6.